The molecule has 0 aliphatic rings. The summed E-state index contributed by atoms with van der Waals surface area (Å²) < 4.78 is 5.24. The molecule has 0 heterocycles. The largest absolute Gasteiger partial charge is 0.380 e. The molecule has 4 nitrogen and oxygen atoms in total. The fourth-order valence-electron chi connectivity index (χ4n) is 2.40. The summed E-state index contributed by atoms with van der Waals surface area (Å²) >= 11 is 5.90. The highest BCUT2D eigenvalue weighted by Gasteiger charge is 2.03. The standard InChI is InChI=1S/C19H24ClN3O.HI/c1-21-19(22-12-11-15-7-9-18(20)10-8-15)23-13-16-5-3-4-6-17(16)14-24-2;/h3-10H,11-14H2,1-2H3,(H2,21,22,23);1H. The molecule has 0 aliphatic carbocycles. The van der Waals surface area contributed by atoms with E-state index in [1.165, 1.54) is 16.7 Å². The Kier molecular flexibility index (Phi) is 10.5. The molecule has 2 aromatic rings. The molecule has 0 atom stereocenters. The van der Waals surface area contributed by atoms with Crippen LogP contribution in [-0.4, -0.2) is 26.7 Å². The molecule has 2 rings (SSSR count). The number of halogens is 2. The van der Waals surface area contributed by atoms with Crippen molar-refractivity contribution in [2.75, 3.05) is 20.7 Å². The Balaban J connectivity index is 0.00000312. The summed E-state index contributed by atoms with van der Waals surface area (Å²) in [6.07, 6.45) is 0.915. The van der Waals surface area contributed by atoms with Crippen LogP contribution in [-0.2, 0) is 24.3 Å². The Bertz CT molecular complexity index is 662. The molecule has 0 amide bonds. The summed E-state index contributed by atoms with van der Waals surface area (Å²) in [6.45, 7) is 2.13. The third-order valence-electron chi connectivity index (χ3n) is 3.71. The number of rotatable bonds is 7. The van der Waals surface area contributed by atoms with Gasteiger partial charge in [0.05, 0.1) is 6.61 Å². The van der Waals surface area contributed by atoms with Crippen LogP contribution < -0.4 is 10.6 Å². The van der Waals surface area contributed by atoms with Gasteiger partial charge in [0.15, 0.2) is 5.96 Å². The van der Waals surface area contributed by atoms with E-state index in [0.717, 1.165) is 23.9 Å². The quantitative estimate of drug-likeness (QED) is 0.363. The number of hydrogen-bond acceptors (Lipinski definition) is 2. The lowest BCUT2D eigenvalue weighted by Gasteiger charge is -2.14. The van der Waals surface area contributed by atoms with E-state index in [4.69, 9.17) is 16.3 Å². The molecule has 136 valence electrons. The van der Waals surface area contributed by atoms with Crippen molar-refractivity contribution < 1.29 is 4.74 Å². The molecule has 25 heavy (non-hydrogen) atoms. The fourth-order valence-corrected chi connectivity index (χ4v) is 2.53. The van der Waals surface area contributed by atoms with E-state index in [-0.39, 0.29) is 24.0 Å². The van der Waals surface area contributed by atoms with Gasteiger partial charge in [-0.1, -0.05) is 48.0 Å². The van der Waals surface area contributed by atoms with Crippen LogP contribution in [0.5, 0.6) is 0 Å². The van der Waals surface area contributed by atoms with Gasteiger partial charge in [-0.05, 0) is 35.2 Å². The zero-order valence-corrected chi connectivity index (χ0v) is 17.7. The van der Waals surface area contributed by atoms with Crippen LogP contribution in [0.3, 0.4) is 0 Å². The summed E-state index contributed by atoms with van der Waals surface area (Å²) in [6, 6.07) is 16.2. The number of hydrogen-bond donors (Lipinski definition) is 2. The second-order valence-electron chi connectivity index (χ2n) is 5.43. The van der Waals surface area contributed by atoms with Crippen LogP contribution in [0, 0.1) is 0 Å². The van der Waals surface area contributed by atoms with Crippen LogP contribution >= 0.6 is 35.6 Å². The molecule has 0 bridgehead atoms. The van der Waals surface area contributed by atoms with E-state index in [0.29, 0.717) is 13.2 Å². The Morgan fingerprint density at radius 1 is 1.04 bits per heavy atom. The average molecular weight is 474 g/mol. The highest BCUT2D eigenvalue weighted by atomic mass is 127. The summed E-state index contributed by atoms with van der Waals surface area (Å²) in [7, 11) is 3.49. The third-order valence-corrected chi connectivity index (χ3v) is 3.96. The van der Waals surface area contributed by atoms with Gasteiger partial charge < -0.3 is 15.4 Å². The Hall–Kier alpha value is -1.31. The van der Waals surface area contributed by atoms with Crippen LogP contribution in [0.4, 0.5) is 0 Å². The first-order chi connectivity index (χ1) is 11.7. The Morgan fingerprint density at radius 2 is 1.72 bits per heavy atom. The molecule has 6 heteroatoms. The second-order valence-corrected chi connectivity index (χ2v) is 5.87. The van der Waals surface area contributed by atoms with Crippen LogP contribution in [0.2, 0.25) is 5.02 Å². The molecule has 2 aromatic carbocycles. The molecule has 0 fully saturated rings. The average Bonchev–Trinajstić information content (AvgIpc) is 2.61. The first-order valence-electron chi connectivity index (χ1n) is 7.97. The number of methoxy groups -OCH3 is 1. The SMILES string of the molecule is CN=C(NCCc1ccc(Cl)cc1)NCc1ccccc1COC.I. The predicted molar refractivity (Wildman–Crippen MR) is 116 cm³/mol. The van der Waals surface area contributed by atoms with Crippen molar-refractivity contribution in [3.8, 4) is 0 Å². The number of benzene rings is 2. The van der Waals surface area contributed by atoms with Gasteiger partial charge in [0.1, 0.15) is 0 Å². The van der Waals surface area contributed by atoms with Crippen molar-refractivity contribution in [3.05, 3.63) is 70.2 Å². The normalized spacial score (nSPS) is 10.9. The maximum Gasteiger partial charge on any atom is 0.191 e. The highest BCUT2D eigenvalue weighted by Crippen LogP contribution is 2.10. The van der Waals surface area contributed by atoms with E-state index >= 15 is 0 Å². The van der Waals surface area contributed by atoms with Crippen LogP contribution in [0.1, 0.15) is 16.7 Å². The first kappa shape index (κ1) is 21.7. The van der Waals surface area contributed by atoms with E-state index in [2.05, 4.69) is 27.8 Å². The smallest absolute Gasteiger partial charge is 0.191 e. The van der Waals surface area contributed by atoms with Crippen LogP contribution in [0.15, 0.2) is 53.5 Å². The van der Waals surface area contributed by atoms with Crippen molar-refractivity contribution in [2.24, 2.45) is 4.99 Å². The summed E-state index contributed by atoms with van der Waals surface area (Å²) in [4.78, 5) is 4.27. The lowest BCUT2D eigenvalue weighted by atomic mass is 10.1. The Morgan fingerprint density at radius 3 is 2.36 bits per heavy atom. The molecule has 0 aromatic heterocycles. The van der Waals surface area contributed by atoms with Gasteiger partial charge >= 0.3 is 0 Å². The maximum atomic E-state index is 5.90. The molecular formula is C19H25ClIN3O. The molecule has 0 saturated heterocycles. The van der Waals surface area contributed by atoms with Gasteiger partial charge in [-0.2, -0.15) is 0 Å². The minimum absolute atomic E-state index is 0. The zero-order chi connectivity index (χ0) is 17.2. The van der Waals surface area contributed by atoms with Crippen molar-refractivity contribution >= 4 is 41.5 Å². The molecule has 0 radical (unpaired) electrons. The second kappa shape index (κ2) is 12.1. The van der Waals surface area contributed by atoms with Crippen LogP contribution in [0.25, 0.3) is 0 Å². The van der Waals surface area contributed by atoms with Gasteiger partial charge in [0.25, 0.3) is 0 Å². The first-order valence-corrected chi connectivity index (χ1v) is 8.35. The van der Waals surface area contributed by atoms with Crippen molar-refractivity contribution in [1.29, 1.82) is 0 Å². The van der Waals surface area contributed by atoms with Crippen molar-refractivity contribution in [2.45, 2.75) is 19.6 Å². The Labute approximate surface area is 172 Å². The number of aliphatic imine (C=N–C) groups is 1. The van der Waals surface area contributed by atoms with Crippen molar-refractivity contribution in [1.82, 2.24) is 10.6 Å². The molecule has 0 spiro atoms. The fraction of sp³-hybridized carbons (Fsp3) is 0.316. The summed E-state index contributed by atoms with van der Waals surface area (Å²) in [5.41, 5.74) is 3.64. The third kappa shape index (κ3) is 7.63. The van der Waals surface area contributed by atoms with E-state index < -0.39 is 0 Å². The molecular weight excluding hydrogens is 449 g/mol. The van der Waals surface area contributed by atoms with E-state index in [9.17, 15) is 0 Å². The van der Waals surface area contributed by atoms with Gasteiger partial charge in [0.2, 0.25) is 0 Å². The molecule has 0 aliphatic heterocycles. The topological polar surface area (TPSA) is 45.7 Å². The summed E-state index contributed by atoms with van der Waals surface area (Å²) in [5.74, 6) is 0.788. The molecule has 2 N–H and O–H groups in total. The van der Waals surface area contributed by atoms with Crippen molar-refractivity contribution in [3.63, 3.8) is 0 Å². The lowest BCUT2D eigenvalue weighted by molar-refractivity contribution is 0.184. The monoisotopic (exact) mass is 473 g/mol. The van der Waals surface area contributed by atoms with Gasteiger partial charge in [-0.15, -0.1) is 24.0 Å². The minimum atomic E-state index is 0. The van der Waals surface area contributed by atoms with Gasteiger partial charge in [-0.25, -0.2) is 0 Å². The van der Waals surface area contributed by atoms with Gasteiger partial charge in [-0.3, -0.25) is 4.99 Å². The molecule has 0 saturated carbocycles. The molecule has 0 unspecified atom stereocenters. The van der Waals surface area contributed by atoms with E-state index in [1.807, 2.05) is 36.4 Å². The summed E-state index contributed by atoms with van der Waals surface area (Å²) in [5, 5.41) is 7.43. The minimum Gasteiger partial charge on any atom is -0.380 e. The lowest BCUT2D eigenvalue weighted by Crippen LogP contribution is -2.38. The van der Waals surface area contributed by atoms with Gasteiger partial charge in [0, 0.05) is 32.3 Å². The predicted octanol–water partition coefficient (Wildman–Crippen LogP) is 4.01. The number of nitrogens with zero attached hydrogens (tertiary/aromatic N) is 1. The number of ether oxygens (including phenoxy) is 1. The number of guanidine groups is 1. The maximum absolute atomic E-state index is 5.90. The van der Waals surface area contributed by atoms with E-state index in [1.54, 1.807) is 14.2 Å². The highest BCUT2D eigenvalue weighted by molar-refractivity contribution is 14.0. The zero-order valence-electron chi connectivity index (χ0n) is 14.6. The number of nitrogens with one attached hydrogen (secondary N) is 2.